The molecule has 0 saturated heterocycles. The van der Waals surface area contributed by atoms with Crippen molar-refractivity contribution in [2.45, 2.75) is 26.9 Å². The lowest BCUT2D eigenvalue weighted by Gasteiger charge is -2.27. The number of nitrogens with two attached hydrogens (primary N) is 1. The number of anilines is 3. The van der Waals surface area contributed by atoms with Gasteiger partial charge in [-0.1, -0.05) is 11.3 Å². The van der Waals surface area contributed by atoms with Gasteiger partial charge in [0, 0.05) is 0 Å². The van der Waals surface area contributed by atoms with E-state index in [2.05, 4.69) is 15.3 Å². The van der Waals surface area contributed by atoms with Crippen molar-refractivity contribution in [1.82, 2.24) is 9.97 Å². The molecule has 3 N–H and O–H groups in total. The standard InChI is InChI=1S/C17H19N5O5S/c1-8(2)27-16(25)14-9(3)19-17(28-14)21-12(23)6-22-13(24)7-26-10-4-5-11(18)20-15(10)22/h4-5,8H,6-7H2,1-3H3,(H2,18,20)(H,19,21,23). The number of nitrogens with zero attached hydrogens (tertiary/aromatic N) is 3. The third kappa shape index (κ3) is 4.19. The highest BCUT2D eigenvalue weighted by Crippen LogP contribution is 2.31. The van der Waals surface area contributed by atoms with Gasteiger partial charge < -0.3 is 20.5 Å². The van der Waals surface area contributed by atoms with Gasteiger partial charge in [-0.25, -0.2) is 14.8 Å². The quantitative estimate of drug-likeness (QED) is 0.712. The molecule has 10 nitrogen and oxygen atoms in total. The number of rotatable bonds is 5. The van der Waals surface area contributed by atoms with E-state index >= 15 is 0 Å². The molecule has 11 heteroatoms. The minimum Gasteiger partial charge on any atom is -0.480 e. The van der Waals surface area contributed by atoms with Gasteiger partial charge >= 0.3 is 5.97 Å². The predicted octanol–water partition coefficient (Wildman–Crippen LogP) is 1.36. The fraction of sp³-hybridized carbons (Fsp3) is 0.353. The molecule has 0 fully saturated rings. The third-order valence-corrected chi connectivity index (χ3v) is 4.69. The second-order valence-corrected chi connectivity index (χ2v) is 7.26. The summed E-state index contributed by atoms with van der Waals surface area (Å²) in [6, 6.07) is 3.13. The summed E-state index contributed by atoms with van der Waals surface area (Å²) in [5, 5.41) is 2.83. The SMILES string of the molecule is Cc1nc(NC(=O)CN2C(=O)COc3ccc(N)nc32)sc1C(=O)OC(C)C. The van der Waals surface area contributed by atoms with Crippen molar-refractivity contribution < 1.29 is 23.9 Å². The molecule has 0 unspecified atom stereocenters. The van der Waals surface area contributed by atoms with Gasteiger partial charge in [0.25, 0.3) is 5.91 Å². The largest absolute Gasteiger partial charge is 0.480 e. The number of amides is 2. The number of nitrogen functional groups attached to an aromatic ring is 1. The van der Waals surface area contributed by atoms with Crippen LogP contribution in [0.4, 0.5) is 16.8 Å². The normalized spacial score (nSPS) is 13.1. The average Bonchev–Trinajstić information content (AvgIpc) is 2.97. The van der Waals surface area contributed by atoms with Crippen LogP contribution in [0, 0.1) is 6.92 Å². The Balaban J connectivity index is 1.72. The summed E-state index contributed by atoms with van der Waals surface area (Å²) >= 11 is 1.01. The topological polar surface area (TPSA) is 137 Å². The maximum absolute atomic E-state index is 12.4. The van der Waals surface area contributed by atoms with Gasteiger partial charge in [-0.15, -0.1) is 0 Å². The molecule has 2 aromatic rings. The van der Waals surface area contributed by atoms with E-state index in [4.69, 9.17) is 15.2 Å². The van der Waals surface area contributed by atoms with Gasteiger partial charge in [-0.05, 0) is 32.9 Å². The van der Waals surface area contributed by atoms with Crippen LogP contribution in [0.2, 0.25) is 0 Å². The highest BCUT2D eigenvalue weighted by Gasteiger charge is 2.29. The molecule has 0 atom stereocenters. The van der Waals surface area contributed by atoms with Gasteiger partial charge in [0.05, 0.1) is 11.8 Å². The molecular formula is C17H19N5O5S. The number of fused-ring (bicyclic) bond motifs is 1. The number of pyridine rings is 1. The lowest BCUT2D eigenvalue weighted by Crippen LogP contribution is -2.44. The van der Waals surface area contributed by atoms with Crippen molar-refractivity contribution in [3.05, 3.63) is 22.7 Å². The Bertz CT molecular complexity index is 942. The first-order valence-corrected chi connectivity index (χ1v) is 9.24. The van der Waals surface area contributed by atoms with E-state index in [9.17, 15) is 14.4 Å². The minimum atomic E-state index is -0.498. The van der Waals surface area contributed by atoms with E-state index in [1.807, 2.05) is 0 Å². The Labute approximate surface area is 164 Å². The Kier molecular flexibility index (Phi) is 5.45. The number of carbonyl (C=O) groups is 3. The number of nitrogens with one attached hydrogen (secondary N) is 1. The Morgan fingerprint density at radius 2 is 2.14 bits per heavy atom. The number of aryl methyl sites for hydroxylation is 1. The van der Waals surface area contributed by atoms with Crippen LogP contribution in [0.25, 0.3) is 0 Å². The number of thiazole rings is 1. The smallest absolute Gasteiger partial charge is 0.350 e. The molecule has 28 heavy (non-hydrogen) atoms. The van der Waals surface area contributed by atoms with Crippen LogP contribution < -0.4 is 20.7 Å². The van der Waals surface area contributed by atoms with Crippen LogP contribution in [0.3, 0.4) is 0 Å². The first kappa shape index (κ1) is 19.5. The van der Waals surface area contributed by atoms with Crippen molar-refractivity contribution >= 4 is 45.9 Å². The lowest BCUT2D eigenvalue weighted by molar-refractivity contribution is -0.123. The molecule has 3 heterocycles. The fourth-order valence-corrected chi connectivity index (χ4v) is 3.33. The maximum atomic E-state index is 12.4. The summed E-state index contributed by atoms with van der Waals surface area (Å²) < 4.78 is 10.4. The van der Waals surface area contributed by atoms with Crippen molar-refractivity contribution in [2.24, 2.45) is 0 Å². The summed E-state index contributed by atoms with van der Waals surface area (Å²) in [5.74, 6) is -0.665. The van der Waals surface area contributed by atoms with Crippen LogP contribution in [0.5, 0.6) is 5.75 Å². The molecule has 2 amide bonds. The van der Waals surface area contributed by atoms with Crippen LogP contribution in [-0.2, 0) is 14.3 Å². The Morgan fingerprint density at radius 1 is 1.39 bits per heavy atom. The molecule has 1 aliphatic heterocycles. The van der Waals surface area contributed by atoms with Crippen LogP contribution >= 0.6 is 11.3 Å². The molecule has 148 valence electrons. The third-order valence-electron chi connectivity index (χ3n) is 3.64. The van der Waals surface area contributed by atoms with Crippen LogP contribution in [0.15, 0.2) is 12.1 Å². The van der Waals surface area contributed by atoms with E-state index < -0.39 is 17.8 Å². The number of esters is 1. The molecule has 0 aliphatic carbocycles. The molecule has 0 aromatic carbocycles. The first-order valence-electron chi connectivity index (χ1n) is 8.42. The highest BCUT2D eigenvalue weighted by molar-refractivity contribution is 7.17. The Hall–Kier alpha value is -3.21. The molecule has 3 rings (SSSR count). The second kappa shape index (κ2) is 7.80. The van der Waals surface area contributed by atoms with Crippen LogP contribution in [-0.4, -0.2) is 47.0 Å². The van der Waals surface area contributed by atoms with Gasteiger partial charge in [0.1, 0.15) is 17.2 Å². The fourth-order valence-electron chi connectivity index (χ4n) is 2.46. The predicted molar refractivity (Wildman–Crippen MR) is 103 cm³/mol. The van der Waals surface area contributed by atoms with E-state index in [-0.39, 0.29) is 36.0 Å². The maximum Gasteiger partial charge on any atom is 0.350 e. The highest BCUT2D eigenvalue weighted by atomic mass is 32.1. The molecule has 0 bridgehead atoms. The zero-order valence-electron chi connectivity index (χ0n) is 15.5. The summed E-state index contributed by atoms with van der Waals surface area (Å²) in [6.45, 7) is 4.64. The summed E-state index contributed by atoms with van der Waals surface area (Å²) in [4.78, 5) is 46.4. The van der Waals surface area contributed by atoms with Crippen molar-refractivity contribution in [2.75, 3.05) is 29.1 Å². The number of ether oxygens (including phenoxy) is 2. The summed E-state index contributed by atoms with van der Waals surface area (Å²) in [7, 11) is 0. The molecule has 2 aromatic heterocycles. The van der Waals surface area contributed by atoms with Gasteiger partial charge in [0.2, 0.25) is 5.91 Å². The summed E-state index contributed by atoms with van der Waals surface area (Å²) in [5.41, 5.74) is 6.12. The van der Waals surface area contributed by atoms with E-state index in [1.54, 1.807) is 32.9 Å². The molecule has 0 saturated carbocycles. The number of hydrogen-bond donors (Lipinski definition) is 2. The number of carbonyl (C=O) groups excluding carboxylic acids is 3. The van der Waals surface area contributed by atoms with E-state index in [1.165, 1.54) is 4.90 Å². The van der Waals surface area contributed by atoms with Gasteiger partial charge in [-0.2, -0.15) is 0 Å². The molecule has 1 aliphatic rings. The number of hydrogen-bond acceptors (Lipinski definition) is 9. The molecule has 0 radical (unpaired) electrons. The van der Waals surface area contributed by atoms with E-state index in [0.717, 1.165) is 11.3 Å². The van der Waals surface area contributed by atoms with E-state index in [0.29, 0.717) is 16.3 Å². The van der Waals surface area contributed by atoms with Crippen molar-refractivity contribution in [1.29, 1.82) is 0 Å². The summed E-state index contributed by atoms with van der Waals surface area (Å²) in [6.07, 6.45) is -0.264. The Morgan fingerprint density at radius 3 is 2.86 bits per heavy atom. The van der Waals surface area contributed by atoms with Crippen LogP contribution in [0.1, 0.15) is 29.2 Å². The molecular weight excluding hydrogens is 386 g/mol. The zero-order valence-corrected chi connectivity index (χ0v) is 16.3. The molecule has 0 spiro atoms. The lowest BCUT2D eigenvalue weighted by atomic mass is 10.3. The van der Waals surface area contributed by atoms with Gasteiger partial charge in [-0.3, -0.25) is 14.5 Å². The monoisotopic (exact) mass is 405 g/mol. The minimum absolute atomic E-state index is 0.183. The number of aromatic nitrogens is 2. The second-order valence-electron chi connectivity index (χ2n) is 6.26. The van der Waals surface area contributed by atoms with Crippen molar-refractivity contribution in [3.8, 4) is 5.75 Å². The van der Waals surface area contributed by atoms with Crippen molar-refractivity contribution in [3.63, 3.8) is 0 Å². The zero-order chi connectivity index (χ0) is 20.4. The average molecular weight is 405 g/mol. The first-order chi connectivity index (χ1) is 13.2. The van der Waals surface area contributed by atoms with Gasteiger partial charge in [0.15, 0.2) is 23.3 Å².